The topological polar surface area (TPSA) is 46.3 Å². The predicted molar refractivity (Wildman–Crippen MR) is 64.8 cm³/mol. The number of carbonyl (C=O) groups is 1. The second-order valence-corrected chi connectivity index (χ2v) is 5.65. The van der Waals surface area contributed by atoms with E-state index in [4.69, 9.17) is 5.73 Å². The molecule has 2 rings (SSSR count). The Kier molecular flexibility index (Phi) is 3.24. The highest BCUT2D eigenvalue weighted by Crippen LogP contribution is 2.48. The van der Waals surface area contributed by atoms with Crippen molar-refractivity contribution in [3.8, 4) is 0 Å². The highest BCUT2D eigenvalue weighted by Gasteiger charge is 2.50. The summed E-state index contributed by atoms with van der Waals surface area (Å²) in [5.41, 5.74) is 6.21. The van der Waals surface area contributed by atoms with Crippen molar-refractivity contribution in [2.45, 2.75) is 52.1 Å². The van der Waals surface area contributed by atoms with Crippen molar-refractivity contribution >= 4 is 5.91 Å². The van der Waals surface area contributed by atoms with Crippen molar-refractivity contribution in [1.29, 1.82) is 0 Å². The number of carbonyl (C=O) groups excluding carboxylic acids is 1. The Bertz CT molecular complexity index is 275. The normalized spacial score (nSPS) is 37.1. The fourth-order valence-corrected chi connectivity index (χ4v) is 3.67. The molecule has 2 aliphatic carbocycles. The molecule has 3 nitrogen and oxygen atoms in total. The van der Waals surface area contributed by atoms with E-state index < -0.39 is 0 Å². The third kappa shape index (κ3) is 1.75. The van der Waals surface area contributed by atoms with Crippen molar-refractivity contribution in [2.24, 2.45) is 23.5 Å². The number of hydrogen-bond donors (Lipinski definition) is 1. The predicted octanol–water partition coefficient (Wildman–Crippen LogP) is 1.62. The molecule has 2 fully saturated rings. The van der Waals surface area contributed by atoms with E-state index in [-0.39, 0.29) is 12.0 Å². The first-order valence-electron chi connectivity index (χ1n) is 6.62. The standard InChI is InChI=1S/C13H24N2O/c1-4-15(8(2)3)13(16)11-9-5-6-10(7-9)12(11)14/h8-12H,4-7,14H2,1-3H3. The summed E-state index contributed by atoms with van der Waals surface area (Å²) in [5.74, 6) is 1.60. The van der Waals surface area contributed by atoms with Gasteiger partial charge in [-0.15, -0.1) is 0 Å². The minimum Gasteiger partial charge on any atom is -0.340 e. The first-order valence-corrected chi connectivity index (χ1v) is 6.62. The van der Waals surface area contributed by atoms with Crippen LogP contribution in [0.2, 0.25) is 0 Å². The minimum absolute atomic E-state index is 0.112. The van der Waals surface area contributed by atoms with E-state index in [0.717, 1.165) is 6.54 Å². The van der Waals surface area contributed by atoms with Gasteiger partial charge in [0.1, 0.15) is 0 Å². The van der Waals surface area contributed by atoms with Gasteiger partial charge in [-0.2, -0.15) is 0 Å². The second kappa shape index (κ2) is 4.36. The van der Waals surface area contributed by atoms with Crippen LogP contribution in [0.5, 0.6) is 0 Å². The van der Waals surface area contributed by atoms with Crippen LogP contribution in [-0.2, 0) is 4.79 Å². The molecule has 2 bridgehead atoms. The zero-order chi connectivity index (χ0) is 11.9. The van der Waals surface area contributed by atoms with E-state index in [1.165, 1.54) is 19.3 Å². The Hall–Kier alpha value is -0.570. The van der Waals surface area contributed by atoms with Crippen molar-refractivity contribution in [3.63, 3.8) is 0 Å². The molecule has 92 valence electrons. The fourth-order valence-electron chi connectivity index (χ4n) is 3.67. The summed E-state index contributed by atoms with van der Waals surface area (Å²) in [4.78, 5) is 14.4. The number of amides is 1. The van der Waals surface area contributed by atoms with Crippen molar-refractivity contribution in [1.82, 2.24) is 4.90 Å². The van der Waals surface area contributed by atoms with Crippen LogP contribution in [0.1, 0.15) is 40.0 Å². The molecule has 2 aliphatic rings. The smallest absolute Gasteiger partial charge is 0.227 e. The molecule has 2 N–H and O–H groups in total. The maximum absolute atomic E-state index is 12.5. The first-order chi connectivity index (χ1) is 7.56. The highest BCUT2D eigenvalue weighted by atomic mass is 16.2. The third-order valence-electron chi connectivity index (χ3n) is 4.51. The van der Waals surface area contributed by atoms with Crippen LogP contribution in [0.25, 0.3) is 0 Å². The lowest BCUT2D eigenvalue weighted by Gasteiger charge is -2.34. The molecule has 0 radical (unpaired) electrons. The molecule has 0 aliphatic heterocycles. The summed E-state index contributed by atoms with van der Waals surface area (Å²) >= 11 is 0. The van der Waals surface area contributed by atoms with Crippen LogP contribution in [0.3, 0.4) is 0 Å². The third-order valence-corrected chi connectivity index (χ3v) is 4.51. The van der Waals surface area contributed by atoms with Gasteiger partial charge in [0, 0.05) is 18.6 Å². The van der Waals surface area contributed by atoms with Gasteiger partial charge in [-0.1, -0.05) is 0 Å². The zero-order valence-electron chi connectivity index (χ0n) is 10.6. The lowest BCUT2D eigenvalue weighted by molar-refractivity contribution is -0.139. The number of fused-ring (bicyclic) bond motifs is 2. The number of rotatable bonds is 3. The van der Waals surface area contributed by atoms with Gasteiger partial charge in [-0.3, -0.25) is 4.79 Å². The quantitative estimate of drug-likeness (QED) is 0.791. The summed E-state index contributed by atoms with van der Waals surface area (Å²) in [6.07, 6.45) is 3.64. The molecular formula is C13H24N2O. The Morgan fingerprint density at radius 2 is 2.00 bits per heavy atom. The van der Waals surface area contributed by atoms with Gasteiger partial charge in [0.05, 0.1) is 5.92 Å². The molecular weight excluding hydrogens is 200 g/mol. The summed E-state index contributed by atoms with van der Waals surface area (Å²) in [7, 11) is 0. The average molecular weight is 224 g/mol. The molecule has 3 heteroatoms. The summed E-state index contributed by atoms with van der Waals surface area (Å²) < 4.78 is 0. The second-order valence-electron chi connectivity index (χ2n) is 5.65. The van der Waals surface area contributed by atoms with Gasteiger partial charge in [-0.05, 0) is 51.9 Å². The molecule has 0 aromatic heterocycles. The van der Waals surface area contributed by atoms with Gasteiger partial charge in [0.25, 0.3) is 0 Å². The van der Waals surface area contributed by atoms with E-state index in [1.807, 2.05) is 4.90 Å². The molecule has 16 heavy (non-hydrogen) atoms. The number of nitrogens with two attached hydrogens (primary N) is 1. The van der Waals surface area contributed by atoms with Crippen LogP contribution in [0.15, 0.2) is 0 Å². The largest absolute Gasteiger partial charge is 0.340 e. The van der Waals surface area contributed by atoms with E-state index >= 15 is 0 Å². The van der Waals surface area contributed by atoms with Crippen LogP contribution in [-0.4, -0.2) is 29.4 Å². The van der Waals surface area contributed by atoms with Crippen LogP contribution < -0.4 is 5.73 Å². The van der Waals surface area contributed by atoms with Gasteiger partial charge < -0.3 is 10.6 Å². The Labute approximate surface area is 98.4 Å². The average Bonchev–Trinajstić information content (AvgIpc) is 2.77. The van der Waals surface area contributed by atoms with Crippen LogP contribution in [0.4, 0.5) is 0 Å². The zero-order valence-corrected chi connectivity index (χ0v) is 10.6. The molecule has 0 saturated heterocycles. The monoisotopic (exact) mass is 224 g/mol. The molecule has 4 atom stereocenters. The molecule has 0 aromatic rings. The lowest BCUT2D eigenvalue weighted by Crippen LogP contribution is -2.49. The Morgan fingerprint density at radius 3 is 2.44 bits per heavy atom. The van der Waals surface area contributed by atoms with Gasteiger partial charge in [-0.25, -0.2) is 0 Å². The maximum atomic E-state index is 12.5. The van der Waals surface area contributed by atoms with E-state index in [2.05, 4.69) is 20.8 Å². The fraction of sp³-hybridized carbons (Fsp3) is 0.923. The number of hydrogen-bond acceptors (Lipinski definition) is 2. The van der Waals surface area contributed by atoms with Crippen LogP contribution >= 0.6 is 0 Å². The summed E-state index contributed by atoms with van der Waals surface area (Å²) in [6.45, 7) is 7.02. The lowest BCUT2D eigenvalue weighted by atomic mass is 9.84. The van der Waals surface area contributed by atoms with Gasteiger partial charge >= 0.3 is 0 Å². The molecule has 0 spiro atoms. The number of nitrogens with zero attached hydrogens (tertiary/aromatic N) is 1. The summed E-state index contributed by atoms with van der Waals surface area (Å²) in [5, 5.41) is 0. The molecule has 1 amide bonds. The molecule has 2 saturated carbocycles. The van der Waals surface area contributed by atoms with Crippen molar-refractivity contribution in [3.05, 3.63) is 0 Å². The highest BCUT2D eigenvalue weighted by molar-refractivity contribution is 5.80. The molecule has 0 aromatic carbocycles. The van der Waals surface area contributed by atoms with Gasteiger partial charge in [0.2, 0.25) is 5.91 Å². The van der Waals surface area contributed by atoms with Gasteiger partial charge in [0.15, 0.2) is 0 Å². The van der Waals surface area contributed by atoms with Crippen molar-refractivity contribution in [2.75, 3.05) is 6.54 Å². The molecule has 4 unspecified atom stereocenters. The maximum Gasteiger partial charge on any atom is 0.227 e. The Morgan fingerprint density at radius 1 is 1.38 bits per heavy atom. The molecule has 0 heterocycles. The van der Waals surface area contributed by atoms with Crippen LogP contribution in [0, 0.1) is 17.8 Å². The van der Waals surface area contributed by atoms with E-state index in [0.29, 0.717) is 23.8 Å². The van der Waals surface area contributed by atoms with E-state index in [9.17, 15) is 4.79 Å². The SMILES string of the molecule is CCN(C(=O)C1C2CCC(C2)C1N)C(C)C. The first kappa shape index (κ1) is 11.9. The summed E-state index contributed by atoms with van der Waals surface area (Å²) in [6, 6.07) is 0.419. The van der Waals surface area contributed by atoms with E-state index in [1.54, 1.807) is 0 Å². The minimum atomic E-state index is 0.112. The van der Waals surface area contributed by atoms with Crippen molar-refractivity contribution < 1.29 is 4.79 Å². The Balaban J connectivity index is 2.10.